The molecule has 1 aliphatic rings. The Balaban J connectivity index is 2.08. The highest BCUT2D eigenvalue weighted by molar-refractivity contribution is 5.85. The molecule has 1 aliphatic heterocycles. The molecule has 6 heteroatoms. The SMILES string of the molecule is CC(C)CN(CC(=O)N(Cc1ccco1)C[C@@H]1CCCO1)C(=O)CC(C)(C)C. The Kier molecular flexibility index (Phi) is 8.10. The first kappa shape index (κ1) is 22.5. The smallest absolute Gasteiger partial charge is 0.242 e. The molecule has 0 bridgehead atoms. The van der Waals surface area contributed by atoms with Gasteiger partial charge in [-0.25, -0.2) is 0 Å². The highest BCUT2D eigenvalue weighted by Gasteiger charge is 2.28. The first-order valence-corrected chi connectivity index (χ1v) is 10.3. The van der Waals surface area contributed by atoms with E-state index in [0.717, 1.165) is 25.2 Å². The van der Waals surface area contributed by atoms with Gasteiger partial charge >= 0.3 is 0 Å². The van der Waals surface area contributed by atoms with Gasteiger partial charge in [0.05, 0.1) is 25.5 Å². The van der Waals surface area contributed by atoms with Gasteiger partial charge in [0.2, 0.25) is 11.8 Å². The largest absolute Gasteiger partial charge is 0.467 e. The second-order valence-corrected chi connectivity index (χ2v) is 9.39. The van der Waals surface area contributed by atoms with Crippen LogP contribution in [0.3, 0.4) is 0 Å². The zero-order valence-electron chi connectivity index (χ0n) is 18.1. The fraction of sp³-hybridized carbons (Fsp3) is 0.727. The lowest BCUT2D eigenvalue weighted by molar-refractivity contribution is -0.143. The van der Waals surface area contributed by atoms with Crippen molar-refractivity contribution in [1.82, 2.24) is 9.80 Å². The van der Waals surface area contributed by atoms with E-state index >= 15 is 0 Å². The minimum absolute atomic E-state index is 0.0321. The number of carbonyl (C=O) groups excluding carboxylic acids is 2. The molecule has 0 aliphatic carbocycles. The lowest BCUT2D eigenvalue weighted by Crippen LogP contribution is -2.46. The molecule has 2 amide bonds. The summed E-state index contributed by atoms with van der Waals surface area (Å²) in [5.41, 5.74) is -0.110. The van der Waals surface area contributed by atoms with Gasteiger partial charge in [-0.05, 0) is 36.3 Å². The van der Waals surface area contributed by atoms with E-state index in [9.17, 15) is 9.59 Å². The summed E-state index contributed by atoms with van der Waals surface area (Å²) in [6, 6.07) is 3.69. The molecule has 0 unspecified atom stereocenters. The number of ether oxygens (including phenoxy) is 1. The van der Waals surface area contributed by atoms with Crippen LogP contribution in [0, 0.1) is 11.3 Å². The van der Waals surface area contributed by atoms with Crippen molar-refractivity contribution in [3.8, 4) is 0 Å². The minimum atomic E-state index is -0.110. The third kappa shape index (κ3) is 7.66. The van der Waals surface area contributed by atoms with E-state index in [1.54, 1.807) is 16.1 Å². The Hall–Kier alpha value is -1.82. The van der Waals surface area contributed by atoms with Gasteiger partial charge in [-0.1, -0.05) is 34.6 Å². The van der Waals surface area contributed by atoms with E-state index in [0.29, 0.717) is 32.0 Å². The molecule has 6 nitrogen and oxygen atoms in total. The first-order chi connectivity index (χ1) is 13.1. The van der Waals surface area contributed by atoms with E-state index in [1.165, 1.54) is 0 Å². The molecule has 0 N–H and O–H groups in total. The highest BCUT2D eigenvalue weighted by Crippen LogP contribution is 2.21. The molecule has 2 heterocycles. The summed E-state index contributed by atoms with van der Waals surface area (Å²) >= 11 is 0. The van der Waals surface area contributed by atoms with Crippen molar-refractivity contribution in [3.05, 3.63) is 24.2 Å². The summed E-state index contributed by atoms with van der Waals surface area (Å²) < 4.78 is 11.2. The quantitative estimate of drug-likeness (QED) is 0.643. The zero-order valence-corrected chi connectivity index (χ0v) is 18.1. The molecular weight excluding hydrogens is 356 g/mol. The Morgan fingerprint density at radius 3 is 2.50 bits per heavy atom. The number of furan rings is 1. The molecule has 1 aromatic rings. The number of amides is 2. The van der Waals surface area contributed by atoms with Crippen LogP contribution < -0.4 is 0 Å². The third-order valence-electron chi connectivity index (χ3n) is 4.67. The zero-order chi connectivity index (χ0) is 20.7. The lowest BCUT2D eigenvalue weighted by atomic mass is 9.91. The van der Waals surface area contributed by atoms with E-state index in [2.05, 4.69) is 13.8 Å². The van der Waals surface area contributed by atoms with Crippen LogP contribution in [0.4, 0.5) is 0 Å². The predicted molar refractivity (Wildman–Crippen MR) is 109 cm³/mol. The summed E-state index contributed by atoms with van der Waals surface area (Å²) in [7, 11) is 0. The normalized spacial score (nSPS) is 17.1. The van der Waals surface area contributed by atoms with Crippen molar-refractivity contribution in [2.75, 3.05) is 26.2 Å². The number of hydrogen-bond acceptors (Lipinski definition) is 4. The van der Waals surface area contributed by atoms with Gasteiger partial charge in [-0.2, -0.15) is 0 Å². The van der Waals surface area contributed by atoms with Gasteiger partial charge < -0.3 is 19.0 Å². The maximum absolute atomic E-state index is 13.2. The Morgan fingerprint density at radius 2 is 1.96 bits per heavy atom. The van der Waals surface area contributed by atoms with Crippen molar-refractivity contribution in [2.45, 2.75) is 66.5 Å². The average molecular weight is 393 g/mol. The van der Waals surface area contributed by atoms with Crippen LogP contribution in [-0.4, -0.2) is 54.0 Å². The highest BCUT2D eigenvalue weighted by atomic mass is 16.5. The lowest BCUT2D eigenvalue weighted by Gasteiger charge is -2.31. The Labute approximate surface area is 169 Å². The molecule has 0 aromatic carbocycles. The Bertz CT molecular complexity index is 613. The monoisotopic (exact) mass is 392 g/mol. The summed E-state index contributed by atoms with van der Waals surface area (Å²) in [4.78, 5) is 29.5. The minimum Gasteiger partial charge on any atom is -0.467 e. The van der Waals surface area contributed by atoms with Crippen molar-refractivity contribution >= 4 is 11.8 Å². The Morgan fingerprint density at radius 1 is 1.21 bits per heavy atom. The number of carbonyl (C=O) groups is 2. The molecule has 2 rings (SSSR count). The van der Waals surface area contributed by atoms with Crippen LogP contribution in [0.5, 0.6) is 0 Å². The number of rotatable bonds is 9. The van der Waals surface area contributed by atoms with Gasteiger partial charge in [0.15, 0.2) is 0 Å². The van der Waals surface area contributed by atoms with Gasteiger partial charge in [0.25, 0.3) is 0 Å². The van der Waals surface area contributed by atoms with Crippen molar-refractivity contribution in [1.29, 1.82) is 0 Å². The fourth-order valence-electron chi connectivity index (χ4n) is 3.40. The van der Waals surface area contributed by atoms with Crippen molar-refractivity contribution < 1.29 is 18.7 Å². The molecule has 158 valence electrons. The molecule has 1 atom stereocenters. The summed E-state index contributed by atoms with van der Waals surface area (Å²) in [5.74, 6) is 1.01. The number of nitrogens with zero attached hydrogens (tertiary/aromatic N) is 2. The van der Waals surface area contributed by atoms with Gasteiger partial charge in [0.1, 0.15) is 5.76 Å². The van der Waals surface area contributed by atoms with Crippen molar-refractivity contribution in [2.24, 2.45) is 11.3 Å². The number of hydrogen-bond donors (Lipinski definition) is 0. The fourth-order valence-corrected chi connectivity index (χ4v) is 3.40. The predicted octanol–water partition coefficient (Wildman–Crippen LogP) is 3.71. The molecule has 1 fully saturated rings. The van der Waals surface area contributed by atoms with Gasteiger partial charge in [-0.15, -0.1) is 0 Å². The van der Waals surface area contributed by atoms with Gasteiger partial charge in [-0.3, -0.25) is 9.59 Å². The summed E-state index contributed by atoms with van der Waals surface area (Å²) in [6.07, 6.45) is 4.08. The molecule has 28 heavy (non-hydrogen) atoms. The molecule has 0 spiro atoms. The summed E-state index contributed by atoms with van der Waals surface area (Å²) in [5, 5.41) is 0. The van der Waals surface area contributed by atoms with Crippen LogP contribution >= 0.6 is 0 Å². The average Bonchev–Trinajstić information content (AvgIpc) is 3.25. The molecule has 1 saturated heterocycles. The van der Waals surface area contributed by atoms with E-state index in [4.69, 9.17) is 9.15 Å². The van der Waals surface area contributed by atoms with Crippen LogP contribution in [0.1, 0.15) is 59.6 Å². The van der Waals surface area contributed by atoms with E-state index in [1.807, 2.05) is 32.9 Å². The van der Waals surface area contributed by atoms with Crippen molar-refractivity contribution in [3.63, 3.8) is 0 Å². The standard InChI is InChI=1S/C22H36N2O4/c1-17(2)13-23(20(25)12-22(3,4)5)16-21(26)24(14-18-8-6-10-27-18)15-19-9-7-11-28-19/h6,8,10,17,19H,7,9,11-16H2,1-5H3/t19-/m0/s1. The molecule has 0 saturated carbocycles. The van der Waals surface area contributed by atoms with E-state index in [-0.39, 0.29) is 29.9 Å². The first-order valence-electron chi connectivity index (χ1n) is 10.3. The van der Waals surface area contributed by atoms with Gasteiger partial charge in [0, 0.05) is 26.1 Å². The maximum atomic E-state index is 13.2. The van der Waals surface area contributed by atoms with Crippen LogP contribution in [0.15, 0.2) is 22.8 Å². The second-order valence-electron chi connectivity index (χ2n) is 9.39. The molecule has 0 radical (unpaired) electrons. The maximum Gasteiger partial charge on any atom is 0.242 e. The summed E-state index contributed by atoms with van der Waals surface area (Å²) in [6.45, 7) is 12.6. The van der Waals surface area contributed by atoms with E-state index < -0.39 is 0 Å². The molecular formula is C22H36N2O4. The van der Waals surface area contributed by atoms with Crippen LogP contribution in [0.25, 0.3) is 0 Å². The third-order valence-corrected chi connectivity index (χ3v) is 4.67. The van der Waals surface area contributed by atoms with Crippen LogP contribution in [0.2, 0.25) is 0 Å². The second kappa shape index (κ2) is 10.1. The molecule has 1 aromatic heterocycles. The topological polar surface area (TPSA) is 63.0 Å². The van der Waals surface area contributed by atoms with Crippen LogP contribution in [-0.2, 0) is 20.9 Å².